The van der Waals surface area contributed by atoms with E-state index in [1.807, 2.05) is 60.7 Å². The van der Waals surface area contributed by atoms with Crippen molar-refractivity contribution in [2.45, 2.75) is 19.3 Å². The molecule has 1 heterocycles. The van der Waals surface area contributed by atoms with Crippen molar-refractivity contribution in [1.82, 2.24) is 0 Å². The molecule has 118 valence electrons. The summed E-state index contributed by atoms with van der Waals surface area (Å²) in [5.74, 6) is 0.114. The zero-order valence-corrected chi connectivity index (χ0v) is 12.7. The Balaban J connectivity index is 1.46. The molecule has 0 saturated carbocycles. The van der Waals surface area contributed by atoms with Crippen molar-refractivity contribution >= 4 is 5.97 Å². The molecule has 3 rings (SSSR count). The zero-order valence-electron chi connectivity index (χ0n) is 12.7. The maximum absolute atomic E-state index is 11.8. The Morgan fingerprint density at radius 3 is 2.09 bits per heavy atom. The minimum Gasteiger partial charge on any atom is -0.427 e. The normalized spacial score (nSPS) is 17.0. The van der Waals surface area contributed by atoms with Crippen LogP contribution in [0.2, 0.25) is 0 Å². The molecule has 1 unspecified atom stereocenters. The summed E-state index contributed by atoms with van der Waals surface area (Å²) >= 11 is 0. The highest BCUT2D eigenvalue weighted by Gasteiger charge is 2.27. The Morgan fingerprint density at radius 1 is 0.826 bits per heavy atom. The van der Waals surface area contributed by atoms with Crippen molar-refractivity contribution in [2.75, 3.05) is 6.61 Å². The summed E-state index contributed by atoms with van der Waals surface area (Å²) in [7, 11) is 0. The number of benzene rings is 2. The first kappa shape index (κ1) is 15.5. The van der Waals surface area contributed by atoms with Crippen molar-refractivity contribution in [3.05, 3.63) is 83.6 Å². The lowest BCUT2D eigenvalue weighted by Crippen LogP contribution is -2.18. The average molecular weight is 310 g/mol. The largest absolute Gasteiger partial charge is 0.427 e. The fraction of sp³-hybridized carbons (Fsp3) is 0.211. The van der Waals surface area contributed by atoms with Crippen LogP contribution >= 0.6 is 0 Å². The Morgan fingerprint density at radius 2 is 1.43 bits per heavy atom. The minimum absolute atomic E-state index is 0.256. The Hall–Kier alpha value is -2.43. The lowest BCUT2D eigenvalue weighted by molar-refractivity contribution is -0.147. The molecule has 1 aliphatic rings. The van der Waals surface area contributed by atoms with E-state index in [2.05, 4.69) is 0 Å². The number of hydrogen-bond acceptors (Lipinski definition) is 4. The summed E-state index contributed by atoms with van der Waals surface area (Å²) in [6.45, 7) is 1.10. The van der Waals surface area contributed by atoms with Gasteiger partial charge in [-0.05, 0) is 17.2 Å². The standard InChI is InChI=1S/C19H18O4/c20-19-18(22-13-16-9-5-2-6-10-16)11-17(23-19)14-21-12-15-7-3-1-4-8-15/h1-11,18H,12-14H2. The molecule has 0 N–H and O–H groups in total. The van der Waals surface area contributed by atoms with Crippen LogP contribution in [0.25, 0.3) is 0 Å². The summed E-state index contributed by atoms with van der Waals surface area (Å²) < 4.78 is 16.3. The predicted octanol–water partition coefficient (Wildman–Crippen LogP) is 3.23. The Kier molecular flexibility index (Phi) is 5.19. The summed E-state index contributed by atoms with van der Waals surface area (Å²) in [4.78, 5) is 11.8. The van der Waals surface area contributed by atoms with Crippen LogP contribution < -0.4 is 0 Å². The predicted molar refractivity (Wildman–Crippen MR) is 85.3 cm³/mol. The van der Waals surface area contributed by atoms with Gasteiger partial charge in [0.05, 0.1) is 13.2 Å². The van der Waals surface area contributed by atoms with Gasteiger partial charge in [-0.25, -0.2) is 4.79 Å². The third kappa shape index (κ3) is 4.52. The van der Waals surface area contributed by atoms with Crippen molar-refractivity contribution in [1.29, 1.82) is 0 Å². The van der Waals surface area contributed by atoms with Crippen LogP contribution in [0.3, 0.4) is 0 Å². The average Bonchev–Trinajstić information content (AvgIpc) is 2.95. The lowest BCUT2D eigenvalue weighted by Gasteiger charge is -2.06. The fourth-order valence-electron chi connectivity index (χ4n) is 2.26. The SMILES string of the molecule is O=C1OC(COCc2ccccc2)=CC1OCc1ccccc1. The zero-order chi connectivity index (χ0) is 15.9. The van der Waals surface area contributed by atoms with E-state index in [9.17, 15) is 4.79 Å². The molecule has 4 heteroatoms. The highest BCUT2D eigenvalue weighted by molar-refractivity contribution is 5.80. The van der Waals surface area contributed by atoms with Crippen LogP contribution in [0, 0.1) is 0 Å². The van der Waals surface area contributed by atoms with Gasteiger partial charge in [0.15, 0.2) is 6.10 Å². The van der Waals surface area contributed by atoms with Crippen molar-refractivity contribution < 1.29 is 19.0 Å². The molecular formula is C19H18O4. The molecule has 0 radical (unpaired) electrons. The lowest BCUT2D eigenvalue weighted by atomic mass is 10.2. The molecule has 0 amide bonds. The summed E-state index contributed by atoms with van der Waals surface area (Å²) in [5, 5.41) is 0. The van der Waals surface area contributed by atoms with Crippen LogP contribution in [0.4, 0.5) is 0 Å². The molecule has 0 bridgehead atoms. The number of rotatable bonds is 7. The summed E-state index contributed by atoms with van der Waals surface area (Å²) in [6, 6.07) is 19.6. The van der Waals surface area contributed by atoms with Crippen molar-refractivity contribution in [2.24, 2.45) is 0 Å². The third-order valence-corrected chi connectivity index (χ3v) is 3.43. The fourth-order valence-corrected chi connectivity index (χ4v) is 2.26. The third-order valence-electron chi connectivity index (χ3n) is 3.43. The summed E-state index contributed by atoms with van der Waals surface area (Å²) in [5.41, 5.74) is 2.09. The molecule has 0 spiro atoms. The van der Waals surface area contributed by atoms with Gasteiger partial charge in [0.2, 0.25) is 0 Å². The molecule has 0 saturated heterocycles. The Labute approximate surface area is 135 Å². The second-order valence-corrected chi connectivity index (χ2v) is 5.25. The number of esters is 1. The van der Waals surface area contributed by atoms with Gasteiger partial charge < -0.3 is 14.2 Å². The first-order valence-corrected chi connectivity index (χ1v) is 7.51. The smallest absolute Gasteiger partial charge is 0.344 e. The van der Waals surface area contributed by atoms with Gasteiger partial charge in [0.1, 0.15) is 12.4 Å². The van der Waals surface area contributed by atoms with E-state index in [0.717, 1.165) is 11.1 Å². The van der Waals surface area contributed by atoms with Gasteiger partial charge in [-0.2, -0.15) is 0 Å². The van der Waals surface area contributed by atoms with Crippen LogP contribution in [-0.4, -0.2) is 18.7 Å². The molecule has 4 nitrogen and oxygen atoms in total. The topological polar surface area (TPSA) is 44.8 Å². The van der Waals surface area contributed by atoms with Gasteiger partial charge in [-0.3, -0.25) is 0 Å². The van der Waals surface area contributed by atoms with Gasteiger partial charge in [-0.1, -0.05) is 60.7 Å². The molecule has 0 aliphatic carbocycles. The molecule has 1 aliphatic heterocycles. The van der Waals surface area contributed by atoms with E-state index in [1.54, 1.807) is 6.08 Å². The van der Waals surface area contributed by atoms with Crippen molar-refractivity contribution in [3.63, 3.8) is 0 Å². The maximum atomic E-state index is 11.8. The number of carbonyl (C=O) groups is 1. The number of ether oxygens (including phenoxy) is 3. The quantitative estimate of drug-likeness (QED) is 0.737. The number of cyclic esters (lactones) is 1. The molecule has 0 aromatic heterocycles. The second-order valence-electron chi connectivity index (χ2n) is 5.25. The molecule has 0 fully saturated rings. The van der Waals surface area contributed by atoms with E-state index in [-0.39, 0.29) is 12.6 Å². The number of carbonyl (C=O) groups excluding carboxylic acids is 1. The van der Waals surface area contributed by atoms with Crippen LogP contribution in [0.5, 0.6) is 0 Å². The number of hydrogen-bond donors (Lipinski definition) is 0. The first-order chi connectivity index (χ1) is 11.3. The molecule has 2 aromatic carbocycles. The second kappa shape index (κ2) is 7.72. The summed E-state index contributed by atoms with van der Waals surface area (Å²) in [6.07, 6.45) is 1.02. The van der Waals surface area contributed by atoms with Gasteiger partial charge >= 0.3 is 5.97 Å². The van der Waals surface area contributed by atoms with E-state index >= 15 is 0 Å². The van der Waals surface area contributed by atoms with Gasteiger partial charge in [-0.15, -0.1) is 0 Å². The van der Waals surface area contributed by atoms with Crippen LogP contribution in [0.15, 0.2) is 72.5 Å². The van der Waals surface area contributed by atoms with E-state index in [4.69, 9.17) is 14.2 Å². The van der Waals surface area contributed by atoms with Crippen molar-refractivity contribution in [3.8, 4) is 0 Å². The van der Waals surface area contributed by atoms with Crippen LogP contribution in [0.1, 0.15) is 11.1 Å². The Bertz CT molecular complexity index is 664. The minimum atomic E-state index is -0.662. The van der Waals surface area contributed by atoms with Gasteiger partial charge in [0, 0.05) is 0 Å². The maximum Gasteiger partial charge on any atom is 0.344 e. The first-order valence-electron chi connectivity index (χ1n) is 7.51. The molecule has 23 heavy (non-hydrogen) atoms. The monoisotopic (exact) mass is 310 g/mol. The highest BCUT2D eigenvalue weighted by atomic mass is 16.6. The van der Waals surface area contributed by atoms with E-state index in [0.29, 0.717) is 19.0 Å². The van der Waals surface area contributed by atoms with E-state index in [1.165, 1.54) is 0 Å². The highest BCUT2D eigenvalue weighted by Crippen LogP contribution is 2.17. The molecular weight excluding hydrogens is 292 g/mol. The molecule has 1 atom stereocenters. The molecule has 2 aromatic rings. The van der Waals surface area contributed by atoms with Gasteiger partial charge in [0.25, 0.3) is 0 Å². The van der Waals surface area contributed by atoms with E-state index < -0.39 is 6.10 Å². The van der Waals surface area contributed by atoms with Crippen LogP contribution in [-0.2, 0) is 32.2 Å².